The maximum atomic E-state index is 14.7. The first-order chi connectivity index (χ1) is 10.9. The van der Waals surface area contributed by atoms with Crippen molar-refractivity contribution >= 4 is 10.0 Å². The van der Waals surface area contributed by atoms with Gasteiger partial charge in [-0.25, -0.2) is 22.9 Å². The van der Waals surface area contributed by atoms with Crippen molar-refractivity contribution in [2.75, 3.05) is 0 Å². The second kappa shape index (κ2) is 6.05. The Morgan fingerprint density at radius 1 is 1.26 bits per heavy atom. The summed E-state index contributed by atoms with van der Waals surface area (Å²) in [6, 6.07) is 4.11. The van der Waals surface area contributed by atoms with Gasteiger partial charge in [0.2, 0.25) is 10.0 Å². The molecule has 5 nitrogen and oxygen atoms in total. The molecule has 0 amide bonds. The van der Waals surface area contributed by atoms with Crippen molar-refractivity contribution in [1.29, 1.82) is 0 Å². The van der Waals surface area contributed by atoms with E-state index in [1.807, 2.05) is 0 Å². The van der Waals surface area contributed by atoms with Gasteiger partial charge in [-0.3, -0.25) is 0 Å². The fourth-order valence-corrected chi connectivity index (χ4v) is 3.82. The number of halogens is 1. The molecule has 23 heavy (non-hydrogen) atoms. The van der Waals surface area contributed by atoms with Gasteiger partial charge in [0.25, 0.3) is 0 Å². The van der Waals surface area contributed by atoms with Gasteiger partial charge in [0.15, 0.2) is 17.5 Å². The summed E-state index contributed by atoms with van der Waals surface area (Å²) < 4.78 is 43.3. The molecule has 7 heteroatoms. The molecule has 1 aliphatic rings. The van der Waals surface area contributed by atoms with Crippen LogP contribution in [0.1, 0.15) is 49.6 Å². The van der Waals surface area contributed by atoms with Crippen LogP contribution in [0.25, 0.3) is 11.3 Å². The van der Waals surface area contributed by atoms with Crippen LogP contribution in [0.4, 0.5) is 4.39 Å². The third-order valence-electron chi connectivity index (χ3n) is 4.27. The van der Waals surface area contributed by atoms with E-state index < -0.39 is 20.7 Å². The Bertz CT molecular complexity index is 824. The number of aromatic nitrogens is 1. The minimum Gasteiger partial charge on any atom is -0.441 e. The Kier molecular flexibility index (Phi) is 4.25. The van der Waals surface area contributed by atoms with Gasteiger partial charge in [0, 0.05) is 12.8 Å². The normalized spacial score (nSPS) is 16.7. The zero-order chi connectivity index (χ0) is 16.6. The van der Waals surface area contributed by atoms with Gasteiger partial charge in [-0.1, -0.05) is 25.3 Å². The van der Waals surface area contributed by atoms with Crippen LogP contribution in [-0.2, 0) is 10.0 Å². The molecule has 1 aromatic carbocycles. The first-order valence-electron chi connectivity index (χ1n) is 7.67. The van der Waals surface area contributed by atoms with E-state index in [1.165, 1.54) is 18.6 Å². The van der Waals surface area contributed by atoms with Gasteiger partial charge in [0.05, 0.1) is 11.3 Å². The van der Waals surface area contributed by atoms with Gasteiger partial charge in [-0.05, 0) is 25.0 Å². The first-order valence-corrected chi connectivity index (χ1v) is 9.21. The zero-order valence-electron chi connectivity index (χ0n) is 12.9. The summed E-state index contributed by atoms with van der Waals surface area (Å²) in [4.78, 5) is 3.90. The molecule has 3 rings (SSSR count). The van der Waals surface area contributed by atoms with Crippen LogP contribution in [0, 0.1) is 12.7 Å². The Morgan fingerprint density at radius 3 is 2.61 bits per heavy atom. The second-order valence-corrected chi connectivity index (χ2v) is 7.47. The van der Waals surface area contributed by atoms with E-state index in [4.69, 9.17) is 9.56 Å². The number of nitrogens with zero attached hydrogens (tertiary/aromatic N) is 1. The number of aryl methyl sites for hydroxylation is 1. The van der Waals surface area contributed by atoms with Gasteiger partial charge >= 0.3 is 0 Å². The number of rotatable bonds is 3. The molecule has 1 saturated carbocycles. The van der Waals surface area contributed by atoms with Crippen LogP contribution in [0.2, 0.25) is 0 Å². The topological polar surface area (TPSA) is 86.2 Å². The van der Waals surface area contributed by atoms with Crippen LogP contribution >= 0.6 is 0 Å². The summed E-state index contributed by atoms with van der Waals surface area (Å²) in [5.74, 6) is 0.0929. The third-order valence-corrected chi connectivity index (χ3v) is 5.19. The van der Waals surface area contributed by atoms with Gasteiger partial charge < -0.3 is 4.42 Å². The van der Waals surface area contributed by atoms with Crippen molar-refractivity contribution in [1.82, 2.24) is 4.98 Å². The number of benzene rings is 1. The van der Waals surface area contributed by atoms with Gasteiger partial charge in [-0.2, -0.15) is 0 Å². The van der Waals surface area contributed by atoms with Crippen LogP contribution in [0.3, 0.4) is 0 Å². The van der Waals surface area contributed by atoms with E-state index in [9.17, 15) is 12.8 Å². The fraction of sp³-hybridized carbons (Fsp3) is 0.438. The highest BCUT2D eigenvalue weighted by Gasteiger charge is 2.27. The fourth-order valence-electron chi connectivity index (χ4n) is 3.19. The molecule has 0 aliphatic heterocycles. The van der Waals surface area contributed by atoms with Crippen molar-refractivity contribution < 1.29 is 17.2 Å². The maximum Gasteiger partial charge on any atom is 0.240 e. The first kappa shape index (κ1) is 16.1. The lowest BCUT2D eigenvalue weighted by molar-refractivity contribution is 0.436. The van der Waals surface area contributed by atoms with Crippen molar-refractivity contribution in [3.05, 3.63) is 35.6 Å². The molecule has 0 bridgehead atoms. The Labute approximate surface area is 134 Å². The molecule has 0 spiro atoms. The number of oxazole rings is 1. The highest BCUT2D eigenvalue weighted by Crippen LogP contribution is 2.39. The van der Waals surface area contributed by atoms with Crippen LogP contribution in [-0.4, -0.2) is 13.4 Å². The lowest BCUT2D eigenvalue weighted by Crippen LogP contribution is -2.14. The zero-order valence-corrected chi connectivity index (χ0v) is 13.7. The van der Waals surface area contributed by atoms with E-state index in [2.05, 4.69) is 4.98 Å². The summed E-state index contributed by atoms with van der Waals surface area (Å²) in [5.41, 5.74) is 0.811. The lowest BCUT2D eigenvalue weighted by atomic mass is 9.85. The van der Waals surface area contributed by atoms with Crippen molar-refractivity contribution in [2.45, 2.75) is 49.8 Å². The van der Waals surface area contributed by atoms with E-state index >= 15 is 0 Å². The van der Waals surface area contributed by atoms with Crippen molar-refractivity contribution in [3.63, 3.8) is 0 Å². The molecule has 1 fully saturated rings. The van der Waals surface area contributed by atoms with E-state index in [0.29, 0.717) is 17.3 Å². The maximum absolute atomic E-state index is 14.7. The van der Waals surface area contributed by atoms with Crippen molar-refractivity contribution in [3.8, 4) is 11.3 Å². The smallest absolute Gasteiger partial charge is 0.240 e. The largest absolute Gasteiger partial charge is 0.441 e. The number of nitrogens with two attached hydrogens (primary N) is 1. The van der Waals surface area contributed by atoms with Crippen LogP contribution in [0.5, 0.6) is 0 Å². The third kappa shape index (κ3) is 3.16. The number of primary sulfonamides is 1. The molecule has 1 aromatic heterocycles. The molecular weight excluding hydrogens is 319 g/mol. The Morgan fingerprint density at radius 2 is 1.96 bits per heavy atom. The summed E-state index contributed by atoms with van der Waals surface area (Å²) in [6.07, 6.45) is 5.37. The predicted octanol–water partition coefficient (Wildman–Crippen LogP) is 3.48. The highest BCUT2D eigenvalue weighted by molar-refractivity contribution is 7.89. The Hall–Kier alpha value is -1.73. The van der Waals surface area contributed by atoms with Gasteiger partial charge in [0.1, 0.15) is 4.90 Å². The summed E-state index contributed by atoms with van der Waals surface area (Å²) in [7, 11) is -4.13. The van der Waals surface area contributed by atoms with E-state index in [0.717, 1.165) is 31.7 Å². The molecule has 2 aromatic rings. The predicted molar refractivity (Wildman–Crippen MR) is 83.8 cm³/mol. The van der Waals surface area contributed by atoms with Gasteiger partial charge in [-0.15, -0.1) is 0 Å². The standard InChI is InChI=1S/C16H19FN2O3S/c1-10-19-15(11-6-3-2-4-7-11)16(22-10)12-8-5-9-13(14(12)17)23(18,20)21/h5,8-9,11H,2-4,6-7H2,1H3,(H2,18,20,21). The molecule has 2 N–H and O–H groups in total. The average Bonchev–Trinajstić information content (AvgIpc) is 2.89. The molecular formula is C16H19FN2O3S. The quantitative estimate of drug-likeness (QED) is 0.928. The lowest BCUT2D eigenvalue weighted by Gasteiger charge is -2.20. The molecule has 124 valence electrons. The van der Waals surface area contributed by atoms with Crippen LogP contribution in [0.15, 0.2) is 27.5 Å². The summed E-state index contributed by atoms with van der Waals surface area (Å²) in [5, 5.41) is 5.08. The second-order valence-electron chi connectivity index (χ2n) is 5.94. The molecule has 1 aliphatic carbocycles. The molecule has 0 saturated heterocycles. The Balaban J connectivity index is 2.13. The molecule has 0 atom stereocenters. The number of sulfonamides is 1. The van der Waals surface area contributed by atoms with E-state index in [1.54, 1.807) is 6.92 Å². The summed E-state index contributed by atoms with van der Waals surface area (Å²) >= 11 is 0. The highest BCUT2D eigenvalue weighted by atomic mass is 32.2. The molecule has 1 heterocycles. The molecule has 0 unspecified atom stereocenters. The minimum atomic E-state index is -4.13. The number of hydrogen-bond acceptors (Lipinski definition) is 4. The number of hydrogen-bond donors (Lipinski definition) is 1. The SMILES string of the molecule is Cc1nc(C2CCCCC2)c(-c2cccc(S(N)(=O)=O)c2F)o1. The average molecular weight is 338 g/mol. The monoisotopic (exact) mass is 338 g/mol. The van der Waals surface area contributed by atoms with E-state index in [-0.39, 0.29) is 11.5 Å². The summed E-state index contributed by atoms with van der Waals surface area (Å²) in [6.45, 7) is 1.71. The minimum absolute atomic E-state index is 0.0951. The van der Waals surface area contributed by atoms with Crippen molar-refractivity contribution in [2.24, 2.45) is 5.14 Å². The van der Waals surface area contributed by atoms with Crippen LogP contribution < -0.4 is 5.14 Å². The molecule has 0 radical (unpaired) electrons.